The van der Waals surface area contributed by atoms with Gasteiger partial charge in [0.25, 0.3) is 5.91 Å². The van der Waals surface area contributed by atoms with E-state index >= 15 is 0 Å². The van der Waals surface area contributed by atoms with Gasteiger partial charge in [0, 0.05) is 16.9 Å². The number of benzene rings is 3. The lowest BCUT2D eigenvalue weighted by atomic mass is 10.0. The third kappa shape index (κ3) is 3.49. The number of amides is 1. The molecule has 0 bridgehead atoms. The van der Waals surface area contributed by atoms with Crippen molar-refractivity contribution in [1.82, 2.24) is 0 Å². The number of carbonyl (C=O) groups excluding carboxylic acids is 1. The number of carbonyl (C=O) groups is 1. The number of nitrogens with one attached hydrogen (secondary N) is 1. The smallest absolute Gasteiger partial charge is 0.256 e. The minimum Gasteiger partial charge on any atom is -0.454 e. The van der Waals surface area contributed by atoms with Crippen LogP contribution in [-0.4, -0.2) is 12.7 Å². The fourth-order valence-electron chi connectivity index (χ4n) is 3.78. The average Bonchev–Trinajstić information content (AvgIpc) is 3.37. The van der Waals surface area contributed by atoms with Crippen molar-refractivity contribution >= 4 is 33.0 Å². The molecule has 2 heterocycles. The van der Waals surface area contributed by atoms with Gasteiger partial charge in [-0.2, -0.15) is 5.26 Å². The maximum atomic E-state index is 13.1. The molecule has 0 radical (unpaired) electrons. The molecule has 1 amide bonds. The average molecular weight is 426 g/mol. The molecule has 4 aromatic rings. The lowest BCUT2D eigenvalue weighted by molar-refractivity contribution is 0.102. The number of ether oxygens (including phenoxy) is 2. The second-order valence-electron chi connectivity index (χ2n) is 7.31. The van der Waals surface area contributed by atoms with Crippen LogP contribution in [0.4, 0.5) is 5.00 Å². The molecule has 0 fully saturated rings. The van der Waals surface area contributed by atoms with Gasteiger partial charge in [-0.25, -0.2) is 0 Å². The first-order valence-corrected chi connectivity index (χ1v) is 10.7. The molecule has 1 aliphatic rings. The highest BCUT2D eigenvalue weighted by molar-refractivity contribution is 7.16. The molecule has 6 heteroatoms. The normalized spacial score (nSPS) is 12.0. The predicted molar refractivity (Wildman–Crippen MR) is 121 cm³/mol. The number of nitriles is 1. The monoisotopic (exact) mass is 426 g/mol. The van der Waals surface area contributed by atoms with E-state index in [0.717, 1.165) is 38.3 Å². The molecule has 1 aliphatic heterocycles. The van der Waals surface area contributed by atoms with Crippen molar-refractivity contribution in [2.45, 2.75) is 13.3 Å². The van der Waals surface area contributed by atoms with Gasteiger partial charge in [0.1, 0.15) is 11.1 Å². The molecule has 3 aromatic carbocycles. The third-order valence-corrected chi connectivity index (χ3v) is 6.63. The van der Waals surface area contributed by atoms with Crippen LogP contribution in [0.25, 0.3) is 10.8 Å². The predicted octanol–water partition coefficient (Wildman–Crippen LogP) is 5.65. The van der Waals surface area contributed by atoms with E-state index in [1.807, 2.05) is 61.5 Å². The zero-order valence-corrected chi connectivity index (χ0v) is 17.6. The molecule has 0 spiro atoms. The highest BCUT2D eigenvalue weighted by atomic mass is 32.1. The Kier molecular flexibility index (Phi) is 4.81. The molecular weight excluding hydrogens is 408 g/mol. The Hall–Kier alpha value is -3.82. The molecule has 0 aliphatic carbocycles. The molecule has 5 nitrogen and oxygen atoms in total. The van der Waals surface area contributed by atoms with Crippen molar-refractivity contribution in [2.75, 3.05) is 12.1 Å². The summed E-state index contributed by atoms with van der Waals surface area (Å²) in [5, 5.41) is 15.2. The van der Waals surface area contributed by atoms with Crippen LogP contribution < -0.4 is 14.8 Å². The summed E-state index contributed by atoms with van der Waals surface area (Å²) in [5.41, 5.74) is 3.04. The number of thiophene rings is 1. The van der Waals surface area contributed by atoms with Gasteiger partial charge in [-0.1, -0.05) is 42.5 Å². The first-order valence-electron chi connectivity index (χ1n) is 9.84. The molecular formula is C25H18N2O3S. The number of rotatable bonds is 4. The summed E-state index contributed by atoms with van der Waals surface area (Å²) in [6.07, 6.45) is 0.645. The highest BCUT2D eigenvalue weighted by Gasteiger charge is 2.20. The maximum Gasteiger partial charge on any atom is 0.256 e. The fourth-order valence-corrected chi connectivity index (χ4v) is 4.97. The molecule has 1 N–H and O–H groups in total. The molecule has 0 saturated carbocycles. The molecule has 5 rings (SSSR count). The summed E-state index contributed by atoms with van der Waals surface area (Å²) >= 11 is 1.44. The van der Waals surface area contributed by atoms with Crippen LogP contribution >= 0.6 is 11.3 Å². The quantitative estimate of drug-likeness (QED) is 0.457. The van der Waals surface area contributed by atoms with Gasteiger partial charge >= 0.3 is 0 Å². The van der Waals surface area contributed by atoms with Crippen molar-refractivity contribution < 1.29 is 14.3 Å². The number of hydrogen-bond donors (Lipinski definition) is 1. The van der Waals surface area contributed by atoms with E-state index in [0.29, 0.717) is 22.5 Å². The maximum absolute atomic E-state index is 13.1. The topological polar surface area (TPSA) is 71.3 Å². The summed E-state index contributed by atoms with van der Waals surface area (Å²) in [6, 6.07) is 21.5. The standard InChI is InChI=1S/C25H18N2O3S/c1-15-20(13-26)25(27-24(28)19-8-4-6-17-5-2-3-7-18(17)19)31-23(15)12-16-9-10-21-22(11-16)30-14-29-21/h2-11H,12,14H2,1H3,(H,27,28). The molecule has 31 heavy (non-hydrogen) atoms. The number of nitrogens with zero attached hydrogens (tertiary/aromatic N) is 1. The van der Waals surface area contributed by atoms with E-state index in [4.69, 9.17) is 9.47 Å². The number of anilines is 1. The van der Waals surface area contributed by atoms with Gasteiger partial charge in [-0.05, 0) is 47.0 Å². The van der Waals surface area contributed by atoms with Crippen molar-refractivity contribution in [3.8, 4) is 17.6 Å². The molecule has 0 unspecified atom stereocenters. The lowest BCUT2D eigenvalue weighted by Crippen LogP contribution is -2.12. The van der Waals surface area contributed by atoms with Crippen molar-refractivity contribution in [2.24, 2.45) is 0 Å². The van der Waals surface area contributed by atoms with E-state index < -0.39 is 0 Å². The molecule has 152 valence electrons. The Labute approximate surface area is 183 Å². The highest BCUT2D eigenvalue weighted by Crippen LogP contribution is 2.37. The minimum absolute atomic E-state index is 0.218. The number of hydrogen-bond acceptors (Lipinski definition) is 5. The van der Waals surface area contributed by atoms with Gasteiger partial charge < -0.3 is 14.8 Å². The zero-order valence-electron chi connectivity index (χ0n) is 16.8. The van der Waals surface area contributed by atoms with E-state index in [1.54, 1.807) is 6.07 Å². The number of fused-ring (bicyclic) bond motifs is 2. The van der Waals surface area contributed by atoms with E-state index in [-0.39, 0.29) is 12.7 Å². The molecule has 0 saturated heterocycles. The van der Waals surface area contributed by atoms with Gasteiger partial charge in [0.05, 0.1) is 5.56 Å². The summed E-state index contributed by atoms with van der Waals surface area (Å²) in [7, 11) is 0. The summed E-state index contributed by atoms with van der Waals surface area (Å²) in [4.78, 5) is 14.1. The van der Waals surface area contributed by atoms with Crippen LogP contribution in [0.15, 0.2) is 60.7 Å². The van der Waals surface area contributed by atoms with E-state index in [2.05, 4.69) is 11.4 Å². The third-order valence-electron chi connectivity index (χ3n) is 5.42. The van der Waals surface area contributed by atoms with Crippen LogP contribution in [-0.2, 0) is 6.42 Å². The zero-order chi connectivity index (χ0) is 21.4. The van der Waals surface area contributed by atoms with Crippen LogP contribution in [0.1, 0.15) is 31.9 Å². The van der Waals surface area contributed by atoms with Gasteiger partial charge in [0.2, 0.25) is 6.79 Å². The SMILES string of the molecule is Cc1c(Cc2ccc3c(c2)OCO3)sc(NC(=O)c2cccc3ccccc23)c1C#N. The molecule has 1 aromatic heterocycles. The summed E-state index contributed by atoms with van der Waals surface area (Å²) in [5.74, 6) is 1.26. The first kappa shape index (κ1) is 19.2. The largest absolute Gasteiger partial charge is 0.454 e. The second-order valence-corrected chi connectivity index (χ2v) is 8.42. The Morgan fingerprint density at radius 3 is 2.77 bits per heavy atom. The Morgan fingerprint density at radius 2 is 1.90 bits per heavy atom. The van der Waals surface area contributed by atoms with Gasteiger partial charge in [0.15, 0.2) is 11.5 Å². The van der Waals surface area contributed by atoms with Crippen molar-refractivity contribution in [3.05, 3.63) is 87.8 Å². The van der Waals surface area contributed by atoms with Gasteiger partial charge in [-0.3, -0.25) is 4.79 Å². The summed E-state index contributed by atoms with van der Waals surface area (Å²) in [6.45, 7) is 2.16. The first-order chi connectivity index (χ1) is 15.1. The summed E-state index contributed by atoms with van der Waals surface area (Å²) < 4.78 is 10.8. The van der Waals surface area contributed by atoms with Crippen LogP contribution in [0, 0.1) is 18.3 Å². The lowest BCUT2D eigenvalue weighted by Gasteiger charge is -2.07. The van der Waals surface area contributed by atoms with E-state index in [9.17, 15) is 10.1 Å². The molecule has 0 atom stereocenters. The van der Waals surface area contributed by atoms with Crippen LogP contribution in [0.3, 0.4) is 0 Å². The van der Waals surface area contributed by atoms with Crippen molar-refractivity contribution in [3.63, 3.8) is 0 Å². The van der Waals surface area contributed by atoms with Gasteiger partial charge in [-0.15, -0.1) is 11.3 Å². The Bertz CT molecular complexity index is 1360. The van der Waals surface area contributed by atoms with E-state index in [1.165, 1.54) is 11.3 Å². The van der Waals surface area contributed by atoms with Crippen LogP contribution in [0.5, 0.6) is 11.5 Å². The van der Waals surface area contributed by atoms with Crippen molar-refractivity contribution in [1.29, 1.82) is 5.26 Å². The Morgan fingerprint density at radius 1 is 1.10 bits per heavy atom. The fraction of sp³-hybridized carbons (Fsp3) is 0.120. The second kappa shape index (κ2) is 7.78. The minimum atomic E-state index is -0.218. The Balaban J connectivity index is 1.45. The van der Waals surface area contributed by atoms with Crippen LogP contribution in [0.2, 0.25) is 0 Å².